The van der Waals surface area contributed by atoms with Gasteiger partial charge in [0.2, 0.25) is 0 Å². The van der Waals surface area contributed by atoms with Crippen molar-refractivity contribution in [1.82, 2.24) is 19.7 Å². The minimum Gasteiger partial charge on any atom is -0.491 e. The highest BCUT2D eigenvalue weighted by atomic mass is 19.1. The van der Waals surface area contributed by atoms with Crippen molar-refractivity contribution in [2.24, 2.45) is 7.05 Å². The molecule has 0 aliphatic carbocycles. The molecule has 154 valence electrons. The average Bonchev–Trinajstić information content (AvgIpc) is 3.36. The second-order valence-electron chi connectivity index (χ2n) is 7.48. The van der Waals surface area contributed by atoms with Crippen molar-refractivity contribution in [2.75, 3.05) is 19.4 Å². The van der Waals surface area contributed by atoms with Crippen molar-refractivity contribution in [3.63, 3.8) is 0 Å². The van der Waals surface area contributed by atoms with E-state index in [2.05, 4.69) is 16.2 Å². The van der Waals surface area contributed by atoms with Gasteiger partial charge in [0, 0.05) is 36.5 Å². The van der Waals surface area contributed by atoms with Crippen LogP contribution in [-0.4, -0.2) is 39.2 Å². The number of hydrogen-bond donors (Lipinski definition) is 1. The number of ether oxygens (including phenoxy) is 1. The van der Waals surface area contributed by atoms with E-state index in [0.717, 1.165) is 5.56 Å². The zero-order valence-corrected chi connectivity index (χ0v) is 16.8. The van der Waals surface area contributed by atoms with Crippen LogP contribution in [-0.2, 0) is 7.05 Å². The van der Waals surface area contributed by atoms with Gasteiger partial charge in [0.1, 0.15) is 29.5 Å². The number of nitrogen functional groups attached to an aromatic ring is 1. The summed E-state index contributed by atoms with van der Waals surface area (Å²) < 4.78 is 22.2. The molecule has 2 aromatic heterocycles. The number of nitrogens with two attached hydrogens (primary N) is 1. The largest absolute Gasteiger partial charge is 0.491 e. The molecule has 5 rings (SSSR count). The molecule has 3 heterocycles. The summed E-state index contributed by atoms with van der Waals surface area (Å²) in [6.45, 7) is 0.229. The predicted octanol–water partition coefficient (Wildman–Crippen LogP) is 2.92. The Balaban J connectivity index is 1.57. The third-order valence-corrected chi connectivity index (χ3v) is 5.71. The third kappa shape index (κ3) is 2.76. The number of amides is 1. The van der Waals surface area contributed by atoms with Crippen LogP contribution in [0.5, 0.6) is 5.75 Å². The van der Waals surface area contributed by atoms with Gasteiger partial charge in [0.25, 0.3) is 5.91 Å². The van der Waals surface area contributed by atoms with Crippen LogP contribution in [0.1, 0.15) is 27.5 Å². The summed E-state index contributed by atoms with van der Waals surface area (Å²) in [6, 6.07) is 9.45. The summed E-state index contributed by atoms with van der Waals surface area (Å²) >= 11 is 0. The zero-order valence-electron chi connectivity index (χ0n) is 16.8. The summed E-state index contributed by atoms with van der Waals surface area (Å²) in [5, 5.41) is 14.6. The third-order valence-electron chi connectivity index (χ3n) is 5.71. The van der Waals surface area contributed by atoms with Gasteiger partial charge in [-0.1, -0.05) is 6.07 Å². The molecule has 1 aliphatic rings. The van der Waals surface area contributed by atoms with Crippen LogP contribution in [0.2, 0.25) is 0 Å². The SMILES string of the molecule is CN(C(=O)c1cc2c(cc1F)nc(N)c1c2cnn1C)[C@H]1COc2cc(C#N)ccc21. The number of halogens is 1. The van der Waals surface area contributed by atoms with Gasteiger partial charge in [-0.25, -0.2) is 9.37 Å². The molecular formula is C22H17FN6O2. The van der Waals surface area contributed by atoms with Gasteiger partial charge < -0.3 is 15.4 Å². The first-order valence-electron chi connectivity index (χ1n) is 9.53. The van der Waals surface area contributed by atoms with E-state index in [1.165, 1.54) is 17.0 Å². The summed E-state index contributed by atoms with van der Waals surface area (Å²) in [4.78, 5) is 19.0. The second kappa shape index (κ2) is 6.67. The number of rotatable bonds is 2. The Hall–Kier alpha value is -4.19. The van der Waals surface area contributed by atoms with Crippen LogP contribution in [0.3, 0.4) is 0 Å². The van der Waals surface area contributed by atoms with Gasteiger partial charge in [-0.3, -0.25) is 9.48 Å². The molecule has 0 unspecified atom stereocenters. The Morgan fingerprint density at radius 2 is 2.16 bits per heavy atom. The molecule has 0 fully saturated rings. The van der Waals surface area contributed by atoms with Crippen molar-refractivity contribution in [3.8, 4) is 11.8 Å². The fraction of sp³-hybridized carbons (Fsp3) is 0.182. The van der Waals surface area contributed by atoms with Crippen molar-refractivity contribution in [2.45, 2.75) is 6.04 Å². The lowest BCUT2D eigenvalue weighted by atomic mass is 10.0. The molecule has 0 spiro atoms. The van der Waals surface area contributed by atoms with Crippen LogP contribution in [0.25, 0.3) is 21.8 Å². The fourth-order valence-electron chi connectivity index (χ4n) is 4.07. The summed E-state index contributed by atoms with van der Waals surface area (Å²) in [5.41, 5.74) is 8.16. The Kier molecular flexibility index (Phi) is 4.05. The van der Waals surface area contributed by atoms with E-state index in [9.17, 15) is 9.18 Å². The van der Waals surface area contributed by atoms with E-state index < -0.39 is 17.8 Å². The molecule has 4 aromatic rings. The number of nitrogens with zero attached hydrogens (tertiary/aromatic N) is 5. The van der Waals surface area contributed by atoms with Gasteiger partial charge in [0.05, 0.1) is 35.0 Å². The number of carbonyl (C=O) groups is 1. The van der Waals surface area contributed by atoms with Gasteiger partial charge >= 0.3 is 0 Å². The molecule has 9 heteroatoms. The Morgan fingerprint density at radius 3 is 2.94 bits per heavy atom. The van der Waals surface area contributed by atoms with Gasteiger partial charge in [0.15, 0.2) is 0 Å². The van der Waals surface area contributed by atoms with E-state index in [1.807, 2.05) is 0 Å². The summed E-state index contributed by atoms with van der Waals surface area (Å²) in [6.07, 6.45) is 1.62. The molecule has 0 saturated carbocycles. The highest BCUT2D eigenvalue weighted by Gasteiger charge is 2.32. The monoisotopic (exact) mass is 416 g/mol. The molecule has 1 aliphatic heterocycles. The lowest BCUT2D eigenvalue weighted by molar-refractivity contribution is 0.0704. The Bertz CT molecular complexity index is 1440. The normalized spacial score (nSPS) is 15.0. The van der Waals surface area contributed by atoms with Crippen molar-refractivity contribution >= 4 is 33.5 Å². The number of fused-ring (bicyclic) bond motifs is 4. The van der Waals surface area contributed by atoms with Crippen LogP contribution in [0, 0.1) is 17.1 Å². The first kappa shape index (κ1) is 18.8. The maximum Gasteiger partial charge on any atom is 0.257 e. The van der Waals surface area contributed by atoms with E-state index in [-0.39, 0.29) is 18.0 Å². The second-order valence-corrected chi connectivity index (χ2v) is 7.48. The number of nitriles is 1. The molecule has 1 atom stereocenters. The molecular weight excluding hydrogens is 399 g/mol. The standard InChI is InChI=1S/C22H17FN6O2/c1-28(18-10-31-19-5-11(8-24)3-4-12(18)19)22(30)14-6-13-15-9-26-29(2)20(15)21(25)27-17(13)7-16(14)23/h3-7,9,18H,10H2,1-2H3,(H2,25,27)/t18-/m0/s1. The molecule has 0 saturated heterocycles. The minimum atomic E-state index is -0.682. The van der Waals surface area contributed by atoms with E-state index in [4.69, 9.17) is 15.7 Å². The van der Waals surface area contributed by atoms with E-state index >= 15 is 0 Å². The molecule has 2 N–H and O–H groups in total. The highest BCUT2D eigenvalue weighted by Crippen LogP contribution is 2.37. The number of likely N-dealkylation sites (N-methyl/N-ethyl adjacent to an activating group) is 1. The maximum absolute atomic E-state index is 14.9. The lowest BCUT2D eigenvalue weighted by Crippen LogP contribution is -2.32. The maximum atomic E-state index is 14.9. The molecule has 8 nitrogen and oxygen atoms in total. The van der Waals surface area contributed by atoms with Crippen molar-refractivity contribution < 1.29 is 13.9 Å². The topological polar surface area (TPSA) is 110 Å². The van der Waals surface area contributed by atoms with Crippen molar-refractivity contribution in [3.05, 3.63) is 59.0 Å². The number of hydrogen-bond acceptors (Lipinski definition) is 6. The van der Waals surface area contributed by atoms with Crippen molar-refractivity contribution in [1.29, 1.82) is 5.26 Å². The molecule has 0 radical (unpaired) electrons. The predicted molar refractivity (Wildman–Crippen MR) is 112 cm³/mol. The molecule has 0 bridgehead atoms. The van der Waals surface area contributed by atoms with E-state index in [1.54, 1.807) is 43.2 Å². The minimum absolute atomic E-state index is 0.0752. The Labute approximate surface area is 176 Å². The number of anilines is 1. The number of aryl methyl sites for hydroxylation is 1. The van der Waals surface area contributed by atoms with Gasteiger partial charge in [-0.15, -0.1) is 0 Å². The summed E-state index contributed by atoms with van der Waals surface area (Å²) in [5.74, 6) is -0.369. The number of carbonyl (C=O) groups excluding carboxylic acids is 1. The number of aromatic nitrogens is 3. The smallest absolute Gasteiger partial charge is 0.257 e. The Morgan fingerprint density at radius 1 is 1.35 bits per heavy atom. The zero-order chi connectivity index (χ0) is 21.9. The number of benzene rings is 2. The van der Waals surface area contributed by atoms with Gasteiger partial charge in [-0.05, 0) is 18.2 Å². The van der Waals surface area contributed by atoms with Crippen LogP contribution >= 0.6 is 0 Å². The highest BCUT2D eigenvalue weighted by molar-refractivity contribution is 6.10. The first-order valence-corrected chi connectivity index (χ1v) is 9.53. The lowest BCUT2D eigenvalue weighted by Gasteiger charge is -2.24. The quantitative estimate of drug-likeness (QED) is 0.538. The molecule has 31 heavy (non-hydrogen) atoms. The number of pyridine rings is 1. The van der Waals surface area contributed by atoms with Crippen LogP contribution in [0.15, 0.2) is 36.5 Å². The van der Waals surface area contributed by atoms with Crippen LogP contribution in [0.4, 0.5) is 10.2 Å². The first-order chi connectivity index (χ1) is 14.9. The molecule has 1 amide bonds. The molecule has 2 aromatic carbocycles. The average molecular weight is 416 g/mol. The van der Waals surface area contributed by atoms with E-state index in [0.29, 0.717) is 33.1 Å². The summed E-state index contributed by atoms with van der Waals surface area (Å²) in [7, 11) is 3.35. The fourth-order valence-corrected chi connectivity index (χ4v) is 4.07. The van der Waals surface area contributed by atoms with Gasteiger partial charge in [-0.2, -0.15) is 10.4 Å². The van der Waals surface area contributed by atoms with Crippen LogP contribution < -0.4 is 10.5 Å².